The molecule has 1 aromatic heterocycles. The molecule has 0 fully saturated rings. The zero-order valence-corrected chi connectivity index (χ0v) is 12.8. The second-order valence-electron chi connectivity index (χ2n) is 4.81. The number of hydrogen-bond donors (Lipinski definition) is 1. The molecular formula is C17H14N2O2S. The molecule has 1 unspecified atom stereocenters. The van der Waals surface area contributed by atoms with Crippen LogP contribution in [0.4, 0.5) is 5.69 Å². The molecule has 0 spiro atoms. The number of hydrogen-bond acceptors (Lipinski definition) is 3. The summed E-state index contributed by atoms with van der Waals surface area (Å²) in [5.41, 5.74) is 2.07. The van der Waals surface area contributed by atoms with Crippen molar-refractivity contribution in [3.8, 4) is 0 Å². The number of benzene rings is 2. The summed E-state index contributed by atoms with van der Waals surface area (Å²) in [4.78, 5) is 17.3. The zero-order valence-electron chi connectivity index (χ0n) is 11.9. The first-order chi connectivity index (χ1) is 10.6. The first-order valence-corrected chi connectivity index (χ1v) is 8.29. The Hall–Kier alpha value is -2.53. The van der Waals surface area contributed by atoms with Crippen LogP contribution in [0.3, 0.4) is 0 Å². The summed E-state index contributed by atoms with van der Waals surface area (Å²) >= 11 is 0. The molecule has 4 nitrogen and oxygen atoms in total. The lowest BCUT2D eigenvalue weighted by molar-refractivity contribution is 0.102. The zero-order chi connectivity index (χ0) is 15.5. The van der Waals surface area contributed by atoms with Crippen LogP contribution < -0.4 is 5.32 Å². The number of fused-ring (bicyclic) bond motifs is 1. The Morgan fingerprint density at radius 3 is 2.55 bits per heavy atom. The quantitative estimate of drug-likeness (QED) is 0.808. The molecule has 3 rings (SSSR count). The van der Waals surface area contributed by atoms with Gasteiger partial charge in [-0.25, -0.2) is 0 Å². The minimum absolute atomic E-state index is 0.204. The molecule has 0 radical (unpaired) electrons. The highest BCUT2D eigenvalue weighted by Crippen LogP contribution is 2.22. The number of anilines is 1. The molecule has 22 heavy (non-hydrogen) atoms. The van der Waals surface area contributed by atoms with Crippen LogP contribution in [0.2, 0.25) is 0 Å². The van der Waals surface area contributed by atoms with Crippen LogP contribution in [-0.2, 0) is 10.8 Å². The van der Waals surface area contributed by atoms with E-state index in [2.05, 4.69) is 10.3 Å². The van der Waals surface area contributed by atoms with Gasteiger partial charge < -0.3 is 5.32 Å². The third kappa shape index (κ3) is 2.89. The smallest absolute Gasteiger partial charge is 0.255 e. The third-order valence-corrected chi connectivity index (χ3v) is 4.28. The van der Waals surface area contributed by atoms with Gasteiger partial charge >= 0.3 is 0 Å². The lowest BCUT2D eigenvalue weighted by Crippen LogP contribution is -2.12. The Labute approximate surface area is 130 Å². The second kappa shape index (κ2) is 6.07. The van der Waals surface area contributed by atoms with E-state index < -0.39 is 10.8 Å². The average molecular weight is 310 g/mol. The van der Waals surface area contributed by atoms with E-state index in [-0.39, 0.29) is 5.91 Å². The Kier molecular flexibility index (Phi) is 3.98. The molecule has 5 heteroatoms. The van der Waals surface area contributed by atoms with Gasteiger partial charge in [-0.3, -0.25) is 14.0 Å². The standard InChI is InChI=1S/C17H14N2O2S/c1-22(21)13-9-7-12(8-10-13)17(20)19-16-6-2-5-15-14(16)4-3-11-18-15/h2-11H,1H3,(H,19,20). The number of rotatable bonds is 3. The van der Waals surface area contributed by atoms with Gasteiger partial charge in [-0.2, -0.15) is 0 Å². The van der Waals surface area contributed by atoms with Gasteiger partial charge in [0.05, 0.1) is 11.2 Å². The van der Waals surface area contributed by atoms with E-state index in [1.54, 1.807) is 36.7 Å². The molecule has 0 saturated carbocycles. The Balaban J connectivity index is 1.88. The minimum Gasteiger partial charge on any atom is -0.321 e. The monoisotopic (exact) mass is 310 g/mol. The maximum absolute atomic E-state index is 12.3. The fourth-order valence-electron chi connectivity index (χ4n) is 2.20. The van der Waals surface area contributed by atoms with Crippen LogP contribution in [-0.4, -0.2) is 21.4 Å². The maximum atomic E-state index is 12.3. The van der Waals surface area contributed by atoms with Crippen LogP contribution in [0.5, 0.6) is 0 Å². The number of pyridine rings is 1. The molecule has 1 amide bonds. The first kappa shape index (κ1) is 14.4. The Morgan fingerprint density at radius 2 is 1.82 bits per heavy atom. The SMILES string of the molecule is CS(=O)c1ccc(C(=O)Nc2cccc3ncccc23)cc1. The summed E-state index contributed by atoms with van der Waals surface area (Å²) in [5, 5.41) is 3.79. The normalized spacial score (nSPS) is 12.0. The van der Waals surface area contributed by atoms with Crippen LogP contribution in [0.25, 0.3) is 10.9 Å². The first-order valence-electron chi connectivity index (χ1n) is 6.74. The van der Waals surface area contributed by atoms with Crippen molar-refractivity contribution in [3.05, 3.63) is 66.4 Å². The van der Waals surface area contributed by atoms with E-state index in [9.17, 15) is 9.00 Å². The molecule has 3 aromatic rings. The van der Waals surface area contributed by atoms with Crippen molar-refractivity contribution in [2.45, 2.75) is 4.90 Å². The topological polar surface area (TPSA) is 59.1 Å². The maximum Gasteiger partial charge on any atom is 0.255 e. The van der Waals surface area contributed by atoms with Crippen molar-refractivity contribution in [1.82, 2.24) is 4.98 Å². The molecule has 0 saturated heterocycles. The highest BCUT2D eigenvalue weighted by molar-refractivity contribution is 7.84. The van der Waals surface area contributed by atoms with Gasteiger partial charge in [0.15, 0.2) is 0 Å². The van der Waals surface area contributed by atoms with E-state index in [1.807, 2.05) is 30.3 Å². The van der Waals surface area contributed by atoms with Gasteiger partial charge in [0.25, 0.3) is 5.91 Å². The largest absolute Gasteiger partial charge is 0.321 e. The van der Waals surface area contributed by atoms with Gasteiger partial charge in [-0.1, -0.05) is 6.07 Å². The van der Waals surface area contributed by atoms with Gasteiger partial charge in [-0.15, -0.1) is 0 Å². The molecular weight excluding hydrogens is 296 g/mol. The molecule has 0 bridgehead atoms. The molecule has 1 atom stereocenters. The van der Waals surface area contributed by atoms with E-state index in [0.29, 0.717) is 10.5 Å². The third-order valence-electron chi connectivity index (χ3n) is 3.34. The van der Waals surface area contributed by atoms with E-state index in [0.717, 1.165) is 16.6 Å². The number of amides is 1. The lowest BCUT2D eigenvalue weighted by atomic mass is 10.1. The molecule has 0 aliphatic rings. The van der Waals surface area contributed by atoms with E-state index >= 15 is 0 Å². The summed E-state index contributed by atoms with van der Waals surface area (Å²) in [5.74, 6) is -0.204. The van der Waals surface area contributed by atoms with Crippen molar-refractivity contribution in [2.24, 2.45) is 0 Å². The molecule has 0 aliphatic heterocycles. The lowest BCUT2D eigenvalue weighted by Gasteiger charge is -2.08. The predicted molar refractivity (Wildman–Crippen MR) is 88.5 cm³/mol. The van der Waals surface area contributed by atoms with Gasteiger partial charge in [0, 0.05) is 39.1 Å². The number of nitrogens with zero attached hydrogens (tertiary/aromatic N) is 1. The molecule has 1 heterocycles. The van der Waals surface area contributed by atoms with Gasteiger partial charge in [0.1, 0.15) is 0 Å². The Morgan fingerprint density at radius 1 is 1.05 bits per heavy atom. The van der Waals surface area contributed by atoms with Crippen molar-refractivity contribution in [1.29, 1.82) is 0 Å². The summed E-state index contributed by atoms with van der Waals surface area (Å²) < 4.78 is 11.4. The molecule has 0 aliphatic carbocycles. The number of aromatic nitrogens is 1. The van der Waals surface area contributed by atoms with Crippen molar-refractivity contribution in [3.63, 3.8) is 0 Å². The fourth-order valence-corrected chi connectivity index (χ4v) is 2.72. The molecule has 2 aromatic carbocycles. The van der Waals surface area contributed by atoms with Crippen LogP contribution in [0, 0.1) is 0 Å². The van der Waals surface area contributed by atoms with Gasteiger partial charge in [-0.05, 0) is 48.5 Å². The van der Waals surface area contributed by atoms with Crippen molar-refractivity contribution in [2.75, 3.05) is 11.6 Å². The Bertz CT molecular complexity index is 855. The van der Waals surface area contributed by atoms with Crippen LogP contribution in [0.15, 0.2) is 65.7 Å². The molecule has 1 N–H and O–H groups in total. The molecule has 110 valence electrons. The van der Waals surface area contributed by atoms with Crippen LogP contribution in [0.1, 0.15) is 10.4 Å². The summed E-state index contributed by atoms with van der Waals surface area (Å²) in [6, 6.07) is 16.1. The van der Waals surface area contributed by atoms with Crippen molar-refractivity contribution < 1.29 is 9.00 Å². The predicted octanol–water partition coefficient (Wildman–Crippen LogP) is 3.22. The fraction of sp³-hybridized carbons (Fsp3) is 0.0588. The van der Waals surface area contributed by atoms with E-state index in [1.165, 1.54) is 0 Å². The van der Waals surface area contributed by atoms with Crippen LogP contribution >= 0.6 is 0 Å². The number of carbonyl (C=O) groups excluding carboxylic acids is 1. The summed E-state index contributed by atoms with van der Waals surface area (Å²) in [6.07, 6.45) is 3.33. The number of nitrogens with one attached hydrogen (secondary N) is 1. The highest BCUT2D eigenvalue weighted by atomic mass is 32.2. The minimum atomic E-state index is -1.05. The van der Waals surface area contributed by atoms with E-state index in [4.69, 9.17) is 0 Å². The van der Waals surface area contributed by atoms with Gasteiger partial charge in [0.2, 0.25) is 0 Å². The average Bonchev–Trinajstić information content (AvgIpc) is 2.55. The number of carbonyl (C=O) groups is 1. The van der Waals surface area contributed by atoms with Crippen molar-refractivity contribution >= 4 is 33.3 Å². The summed E-state index contributed by atoms with van der Waals surface area (Å²) in [7, 11) is -1.05. The highest BCUT2D eigenvalue weighted by Gasteiger charge is 2.09. The second-order valence-corrected chi connectivity index (χ2v) is 6.19. The summed E-state index contributed by atoms with van der Waals surface area (Å²) in [6.45, 7) is 0.